The number of amides is 1. The van der Waals surface area contributed by atoms with E-state index in [0.29, 0.717) is 19.0 Å². The average molecular weight is 553 g/mol. The molecule has 0 saturated heterocycles. The van der Waals surface area contributed by atoms with Gasteiger partial charge in [-0.1, -0.05) is 35.9 Å². The second kappa shape index (κ2) is 10.5. The predicted molar refractivity (Wildman–Crippen MR) is 130 cm³/mol. The van der Waals surface area contributed by atoms with E-state index in [-0.39, 0.29) is 22.0 Å². The minimum absolute atomic E-state index is 0.0106. The first kappa shape index (κ1) is 26.6. The van der Waals surface area contributed by atoms with Crippen LogP contribution in [0, 0.1) is 0 Å². The Morgan fingerprint density at radius 3 is 2.35 bits per heavy atom. The van der Waals surface area contributed by atoms with Crippen molar-refractivity contribution in [3.05, 3.63) is 94.0 Å². The van der Waals surface area contributed by atoms with Crippen molar-refractivity contribution < 1.29 is 35.9 Å². The molecule has 0 atom stereocenters. The molecule has 7 nitrogen and oxygen atoms in total. The molecule has 0 spiro atoms. The molecule has 0 radical (unpaired) electrons. The topological polar surface area (TPSA) is 92.8 Å². The van der Waals surface area contributed by atoms with Crippen LogP contribution in [0.25, 0.3) is 0 Å². The van der Waals surface area contributed by atoms with Crippen molar-refractivity contribution in [2.45, 2.75) is 24.0 Å². The van der Waals surface area contributed by atoms with Crippen LogP contribution in [0.3, 0.4) is 0 Å². The van der Waals surface area contributed by atoms with Crippen LogP contribution in [-0.4, -0.2) is 37.8 Å². The van der Waals surface area contributed by atoms with Crippen molar-refractivity contribution in [1.82, 2.24) is 4.31 Å². The van der Waals surface area contributed by atoms with E-state index < -0.39 is 45.9 Å². The highest BCUT2D eigenvalue weighted by Gasteiger charge is 2.34. The van der Waals surface area contributed by atoms with Gasteiger partial charge in [0.1, 0.15) is 0 Å². The molecule has 4 rings (SSSR count). The Bertz CT molecular complexity index is 1440. The van der Waals surface area contributed by atoms with Crippen LogP contribution in [0.5, 0.6) is 0 Å². The van der Waals surface area contributed by atoms with Gasteiger partial charge in [0.15, 0.2) is 6.61 Å². The lowest BCUT2D eigenvalue weighted by molar-refractivity contribution is -0.137. The van der Waals surface area contributed by atoms with Gasteiger partial charge in [-0.2, -0.15) is 17.5 Å². The predicted octanol–water partition coefficient (Wildman–Crippen LogP) is 4.90. The van der Waals surface area contributed by atoms with Crippen LogP contribution in [0.1, 0.15) is 27.0 Å². The van der Waals surface area contributed by atoms with Gasteiger partial charge in [-0.15, -0.1) is 0 Å². The fraction of sp³-hybridized carbons (Fsp3) is 0.200. The summed E-state index contributed by atoms with van der Waals surface area (Å²) in [4.78, 5) is 24.4. The van der Waals surface area contributed by atoms with Crippen molar-refractivity contribution >= 4 is 39.2 Å². The number of halogens is 4. The zero-order valence-electron chi connectivity index (χ0n) is 19.1. The molecule has 194 valence electrons. The molecule has 1 aliphatic heterocycles. The van der Waals surface area contributed by atoms with Crippen molar-refractivity contribution in [3.63, 3.8) is 0 Å². The van der Waals surface area contributed by atoms with E-state index in [9.17, 15) is 31.2 Å². The van der Waals surface area contributed by atoms with Gasteiger partial charge in [-0.05, 0) is 60.0 Å². The van der Waals surface area contributed by atoms with Crippen LogP contribution in [0.15, 0.2) is 71.6 Å². The first-order valence-electron chi connectivity index (χ1n) is 11.0. The number of benzene rings is 3. The number of hydrogen-bond donors (Lipinski definition) is 1. The lowest BCUT2D eigenvalue weighted by Gasteiger charge is -2.28. The fourth-order valence-electron chi connectivity index (χ4n) is 3.85. The third-order valence-electron chi connectivity index (χ3n) is 5.72. The fourth-order valence-corrected chi connectivity index (χ4v) is 5.44. The average Bonchev–Trinajstić information content (AvgIpc) is 2.87. The SMILES string of the molecule is O=C(COC(=O)c1ccc(S(=O)(=O)N2CCc3ccccc3C2)cc1)Nc1ccc(Cl)cc1C(F)(F)F. The highest BCUT2D eigenvalue weighted by Crippen LogP contribution is 2.36. The van der Waals surface area contributed by atoms with Crippen molar-refractivity contribution in [1.29, 1.82) is 0 Å². The number of hydrogen-bond acceptors (Lipinski definition) is 5. The molecular formula is C25H20ClF3N2O5S. The smallest absolute Gasteiger partial charge is 0.418 e. The lowest BCUT2D eigenvalue weighted by atomic mass is 10.0. The number of anilines is 1. The van der Waals surface area contributed by atoms with Gasteiger partial charge in [0.05, 0.1) is 21.7 Å². The molecule has 12 heteroatoms. The maximum Gasteiger partial charge on any atom is 0.418 e. The van der Waals surface area contributed by atoms with E-state index in [1.54, 1.807) is 0 Å². The van der Waals surface area contributed by atoms with E-state index in [2.05, 4.69) is 0 Å². The molecule has 0 fully saturated rings. The molecular weight excluding hydrogens is 533 g/mol. The first-order chi connectivity index (χ1) is 17.4. The normalized spacial score (nSPS) is 14.1. The summed E-state index contributed by atoms with van der Waals surface area (Å²) in [6.07, 6.45) is -4.17. The molecule has 0 aromatic heterocycles. The molecule has 1 heterocycles. The van der Waals surface area contributed by atoms with Gasteiger partial charge >= 0.3 is 12.1 Å². The Balaban J connectivity index is 1.37. The minimum Gasteiger partial charge on any atom is -0.452 e. The number of esters is 1. The summed E-state index contributed by atoms with van der Waals surface area (Å²) in [5.74, 6) is -1.94. The van der Waals surface area contributed by atoms with Gasteiger partial charge in [0, 0.05) is 18.1 Å². The Morgan fingerprint density at radius 2 is 1.68 bits per heavy atom. The monoisotopic (exact) mass is 552 g/mol. The molecule has 1 amide bonds. The number of nitrogens with one attached hydrogen (secondary N) is 1. The summed E-state index contributed by atoms with van der Waals surface area (Å²) in [6, 6.07) is 15.4. The van der Waals surface area contributed by atoms with Crippen LogP contribution >= 0.6 is 11.6 Å². The number of carbonyl (C=O) groups excluding carboxylic acids is 2. The van der Waals surface area contributed by atoms with Crippen molar-refractivity contribution in [2.75, 3.05) is 18.5 Å². The Hall–Kier alpha value is -3.41. The highest BCUT2D eigenvalue weighted by molar-refractivity contribution is 7.89. The van der Waals surface area contributed by atoms with Gasteiger partial charge < -0.3 is 10.1 Å². The van der Waals surface area contributed by atoms with Crippen LogP contribution in [0.4, 0.5) is 18.9 Å². The largest absolute Gasteiger partial charge is 0.452 e. The maximum absolute atomic E-state index is 13.2. The molecule has 0 aliphatic carbocycles. The number of ether oxygens (including phenoxy) is 1. The molecule has 3 aromatic rings. The molecule has 3 aromatic carbocycles. The van der Waals surface area contributed by atoms with E-state index in [1.807, 2.05) is 29.6 Å². The number of rotatable bonds is 6. The zero-order chi connectivity index (χ0) is 26.8. The maximum atomic E-state index is 13.2. The van der Waals surface area contributed by atoms with Gasteiger partial charge in [0.2, 0.25) is 10.0 Å². The number of nitrogens with zero attached hydrogens (tertiary/aromatic N) is 1. The molecule has 1 aliphatic rings. The van der Waals surface area contributed by atoms with Gasteiger partial charge in [-0.3, -0.25) is 4.79 Å². The van der Waals surface area contributed by atoms with E-state index in [0.717, 1.165) is 17.2 Å². The number of fused-ring (bicyclic) bond motifs is 1. The van der Waals surface area contributed by atoms with Crippen LogP contribution < -0.4 is 5.32 Å². The Kier molecular flexibility index (Phi) is 7.58. The summed E-state index contributed by atoms with van der Waals surface area (Å²) in [6.45, 7) is -0.297. The summed E-state index contributed by atoms with van der Waals surface area (Å²) in [7, 11) is -3.81. The summed E-state index contributed by atoms with van der Waals surface area (Å²) in [5.41, 5.74) is 0.318. The van der Waals surface area contributed by atoms with Crippen LogP contribution in [-0.2, 0) is 38.7 Å². The quantitative estimate of drug-likeness (QED) is 0.439. The standard InChI is InChI=1S/C25H20ClF3N2O5S/c26-19-7-10-22(21(13-19)25(27,28)29)30-23(32)15-36-24(33)17-5-8-20(9-6-17)37(34,35)31-12-11-16-3-1-2-4-18(16)14-31/h1-10,13H,11-12,14-15H2,(H,30,32). The number of sulfonamides is 1. The molecule has 37 heavy (non-hydrogen) atoms. The molecule has 0 saturated carbocycles. The minimum atomic E-state index is -4.76. The van der Waals surface area contributed by atoms with E-state index >= 15 is 0 Å². The van der Waals surface area contributed by atoms with Crippen LogP contribution in [0.2, 0.25) is 5.02 Å². The van der Waals surface area contributed by atoms with Gasteiger partial charge in [0.25, 0.3) is 5.91 Å². The van der Waals surface area contributed by atoms with E-state index in [1.165, 1.54) is 34.6 Å². The van der Waals surface area contributed by atoms with E-state index in [4.69, 9.17) is 16.3 Å². The summed E-state index contributed by atoms with van der Waals surface area (Å²) in [5, 5.41) is 1.88. The van der Waals surface area contributed by atoms with Crippen molar-refractivity contribution in [2.24, 2.45) is 0 Å². The third-order valence-corrected chi connectivity index (χ3v) is 7.81. The number of alkyl halides is 3. The lowest BCUT2D eigenvalue weighted by Crippen LogP contribution is -2.35. The van der Waals surface area contributed by atoms with Gasteiger partial charge in [-0.25, -0.2) is 13.2 Å². The highest BCUT2D eigenvalue weighted by atomic mass is 35.5. The number of carbonyl (C=O) groups is 2. The molecule has 0 bridgehead atoms. The Labute approximate surface area is 215 Å². The summed E-state index contributed by atoms with van der Waals surface area (Å²) < 4.78 is 71.9. The third kappa shape index (κ3) is 6.12. The van der Waals surface area contributed by atoms with Crippen molar-refractivity contribution in [3.8, 4) is 0 Å². The second-order valence-corrected chi connectivity index (χ2v) is 10.6. The zero-order valence-corrected chi connectivity index (χ0v) is 20.7. The molecule has 1 N–H and O–H groups in total. The molecule has 0 unspecified atom stereocenters. The Morgan fingerprint density at radius 1 is 1.00 bits per heavy atom. The second-order valence-electron chi connectivity index (χ2n) is 8.19. The summed E-state index contributed by atoms with van der Waals surface area (Å²) >= 11 is 5.61. The first-order valence-corrected chi connectivity index (χ1v) is 12.8.